The van der Waals surface area contributed by atoms with E-state index < -0.39 is 21.9 Å². The van der Waals surface area contributed by atoms with Crippen molar-refractivity contribution in [1.29, 1.82) is 0 Å². The highest BCUT2D eigenvalue weighted by Crippen LogP contribution is 2.28. The maximum Gasteiger partial charge on any atom is 0.340 e. The zero-order valence-corrected chi connectivity index (χ0v) is 17.4. The smallest absolute Gasteiger partial charge is 0.340 e. The van der Waals surface area contributed by atoms with Gasteiger partial charge in [0.2, 0.25) is 10.0 Å². The second-order valence-corrected chi connectivity index (χ2v) is 8.79. The average Bonchev–Trinajstić information content (AvgIpc) is 3.24. The molecular weight excluding hydrogens is 416 g/mol. The van der Waals surface area contributed by atoms with E-state index in [0.717, 1.165) is 12.8 Å². The van der Waals surface area contributed by atoms with E-state index in [2.05, 4.69) is 5.32 Å². The molecule has 2 aromatic carbocycles. The van der Waals surface area contributed by atoms with Crippen LogP contribution in [0.5, 0.6) is 0 Å². The van der Waals surface area contributed by atoms with Gasteiger partial charge in [-0.25, -0.2) is 13.2 Å². The molecule has 9 heteroatoms. The van der Waals surface area contributed by atoms with E-state index in [4.69, 9.17) is 16.3 Å². The molecule has 154 valence electrons. The molecule has 0 aliphatic carbocycles. The first-order valence-electron chi connectivity index (χ1n) is 9.22. The van der Waals surface area contributed by atoms with Crippen molar-refractivity contribution in [2.24, 2.45) is 0 Å². The number of sulfonamides is 1. The molecule has 2 aromatic rings. The van der Waals surface area contributed by atoms with E-state index in [1.54, 1.807) is 31.2 Å². The zero-order valence-electron chi connectivity index (χ0n) is 15.9. The lowest BCUT2D eigenvalue weighted by Gasteiger charge is -2.17. The molecule has 1 aliphatic rings. The summed E-state index contributed by atoms with van der Waals surface area (Å²) in [7, 11) is -3.78. The molecule has 1 N–H and O–H groups in total. The second-order valence-electron chi connectivity index (χ2n) is 6.48. The summed E-state index contributed by atoms with van der Waals surface area (Å²) in [5.41, 5.74) is 0.599. The van der Waals surface area contributed by atoms with Crippen LogP contribution in [-0.2, 0) is 14.8 Å². The number of nitrogens with one attached hydrogen (secondary N) is 1. The minimum absolute atomic E-state index is 0.0559. The molecule has 0 radical (unpaired) electrons. The van der Waals surface area contributed by atoms with Crippen LogP contribution >= 0.6 is 11.6 Å². The van der Waals surface area contributed by atoms with Gasteiger partial charge in [0.05, 0.1) is 22.9 Å². The van der Waals surface area contributed by atoms with Crippen molar-refractivity contribution in [3.63, 3.8) is 0 Å². The van der Waals surface area contributed by atoms with Crippen molar-refractivity contribution < 1.29 is 22.7 Å². The molecule has 0 saturated carbocycles. The van der Waals surface area contributed by atoms with Crippen LogP contribution < -0.4 is 5.32 Å². The molecule has 1 aliphatic heterocycles. The predicted octanol–water partition coefficient (Wildman–Crippen LogP) is 3.55. The van der Waals surface area contributed by atoms with Gasteiger partial charge in [0.15, 0.2) is 0 Å². The first-order chi connectivity index (χ1) is 13.8. The van der Waals surface area contributed by atoms with Crippen LogP contribution in [-0.4, -0.2) is 44.3 Å². The second kappa shape index (κ2) is 8.94. The summed E-state index contributed by atoms with van der Waals surface area (Å²) in [5, 5.41) is 2.70. The topological polar surface area (TPSA) is 92.8 Å². The standard InChI is InChI=1S/C20H21ClN2O5S/c1-2-28-20(25)15-7-3-4-8-17(15)22-19(24)14-9-10-16(21)18(13-14)29(26,27)23-11-5-6-12-23/h3-4,7-10,13H,2,5-6,11-12H2,1H3,(H,22,24). The Morgan fingerprint density at radius 1 is 1.14 bits per heavy atom. The number of amides is 1. The van der Waals surface area contributed by atoms with Crippen molar-refractivity contribution in [3.8, 4) is 0 Å². The molecule has 0 bridgehead atoms. The average molecular weight is 437 g/mol. The first kappa shape index (κ1) is 21.3. The molecule has 1 heterocycles. The summed E-state index contributed by atoms with van der Waals surface area (Å²) in [5.74, 6) is -1.12. The Kier molecular flexibility index (Phi) is 6.56. The van der Waals surface area contributed by atoms with Crippen molar-refractivity contribution in [1.82, 2.24) is 4.31 Å². The van der Waals surface area contributed by atoms with Crippen LogP contribution in [0, 0.1) is 0 Å². The molecule has 29 heavy (non-hydrogen) atoms. The lowest BCUT2D eigenvalue weighted by atomic mass is 10.1. The Bertz CT molecular complexity index is 1030. The van der Waals surface area contributed by atoms with Gasteiger partial charge in [0.25, 0.3) is 5.91 Å². The molecule has 0 unspecified atom stereocenters. The molecule has 0 spiro atoms. The molecule has 7 nitrogen and oxygen atoms in total. The van der Waals surface area contributed by atoms with Gasteiger partial charge in [-0.05, 0) is 50.1 Å². The van der Waals surface area contributed by atoms with E-state index in [1.165, 1.54) is 22.5 Å². The van der Waals surface area contributed by atoms with Gasteiger partial charge >= 0.3 is 5.97 Å². The Labute approximate surface area is 174 Å². The fourth-order valence-corrected chi connectivity index (χ4v) is 5.10. The van der Waals surface area contributed by atoms with Gasteiger partial charge in [0, 0.05) is 18.7 Å². The largest absolute Gasteiger partial charge is 0.462 e. The third-order valence-corrected chi connectivity index (χ3v) is 6.93. The number of para-hydroxylation sites is 1. The number of nitrogens with zero attached hydrogens (tertiary/aromatic N) is 1. The van der Waals surface area contributed by atoms with Crippen molar-refractivity contribution in [3.05, 3.63) is 58.6 Å². The summed E-state index contributed by atoms with van der Waals surface area (Å²) in [4.78, 5) is 24.7. The molecule has 1 saturated heterocycles. The number of hydrogen-bond donors (Lipinski definition) is 1. The van der Waals surface area contributed by atoms with E-state index in [0.29, 0.717) is 13.1 Å². The van der Waals surface area contributed by atoms with E-state index in [1.807, 2.05) is 0 Å². The van der Waals surface area contributed by atoms with Gasteiger partial charge in [-0.1, -0.05) is 23.7 Å². The van der Waals surface area contributed by atoms with Crippen LogP contribution in [0.15, 0.2) is 47.4 Å². The molecule has 0 aromatic heterocycles. The maximum absolute atomic E-state index is 12.9. The fraction of sp³-hybridized carbons (Fsp3) is 0.300. The zero-order chi connectivity index (χ0) is 21.0. The number of carbonyl (C=O) groups excluding carboxylic acids is 2. The number of halogens is 1. The van der Waals surface area contributed by atoms with Crippen LogP contribution in [0.4, 0.5) is 5.69 Å². The minimum Gasteiger partial charge on any atom is -0.462 e. The van der Waals surface area contributed by atoms with Crippen molar-refractivity contribution in [2.75, 3.05) is 25.0 Å². The summed E-state index contributed by atoms with van der Waals surface area (Å²) in [6.07, 6.45) is 1.59. The lowest BCUT2D eigenvalue weighted by molar-refractivity contribution is 0.0527. The van der Waals surface area contributed by atoms with Crippen molar-refractivity contribution >= 4 is 39.2 Å². The van der Waals surface area contributed by atoms with Crippen LogP contribution in [0.2, 0.25) is 5.02 Å². The van der Waals surface area contributed by atoms with E-state index >= 15 is 0 Å². The minimum atomic E-state index is -3.78. The number of carbonyl (C=O) groups is 2. The van der Waals surface area contributed by atoms with Crippen molar-refractivity contribution in [2.45, 2.75) is 24.7 Å². The van der Waals surface area contributed by atoms with Gasteiger partial charge in [-0.2, -0.15) is 4.31 Å². The summed E-state index contributed by atoms with van der Waals surface area (Å²) < 4.78 is 32.1. The molecular formula is C20H21ClN2O5S. The predicted molar refractivity (Wildman–Crippen MR) is 110 cm³/mol. The fourth-order valence-electron chi connectivity index (χ4n) is 3.08. The maximum atomic E-state index is 12.9. The highest BCUT2D eigenvalue weighted by atomic mass is 35.5. The number of rotatable bonds is 6. The highest BCUT2D eigenvalue weighted by Gasteiger charge is 2.30. The third kappa shape index (κ3) is 4.60. The van der Waals surface area contributed by atoms with Gasteiger partial charge in [-0.15, -0.1) is 0 Å². The summed E-state index contributed by atoms with van der Waals surface area (Å²) >= 11 is 6.13. The third-order valence-electron chi connectivity index (χ3n) is 4.55. The van der Waals surface area contributed by atoms with Crippen LogP contribution in [0.25, 0.3) is 0 Å². The Balaban J connectivity index is 1.89. The van der Waals surface area contributed by atoms with E-state index in [-0.39, 0.29) is 33.3 Å². The van der Waals surface area contributed by atoms with Gasteiger partial charge in [0.1, 0.15) is 4.90 Å². The monoisotopic (exact) mass is 436 g/mol. The molecule has 0 atom stereocenters. The Hall–Kier alpha value is -2.42. The lowest BCUT2D eigenvalue weighted by Crippen LogP contribution is -2.28. The Morgan fingerprint density at radius 2 is 1.83 bits per heavy atom. The normalized spacial score (nSPS) is 14.6. The van der Waals surface area contributed by atoms with Gasteiger partial charge < -0.3 is 10.1 Å². The van der Waals surface area contributed by atoms with Gasteiger partial charge in [-0.3, -0.25) is 4.79 Å². The molecule has 3 rings (SSSR count). The van der Waals surface area contributed by atoms with Crippen LogP contribution in [0.1, 0.15) is 40.5 Å². The number of hydrogen-bond acceptors (Lipinski definition) is 5. The Morgan fingerprint density at radius 3 is 2.52 bits per heavy atom. The highest BCUT2D eigenvalue weighted by molar-refractivity contribution is 7.89. The number of esters is 1. The summed E-state index contributed by atoms with van der Waals surface area (Å²) in [6, 6.07) is 10.5. The number of ether oxygens (including phenoxy) is 1. The SMILES string of the molecule is CCOC(=O)c1ccccc1NC(=O)c1ccc(Cl)c(S(=O)(=O)N2CCCC2)c1. The molecule has 1 amide bonds. The summed E-state index contributed by atoms with van der Waals surface area (Å²) in [6.45, 7) is 2.76. The first-order valence-corrected chi connectivity index (χ1v) is 11.0. The number of anilines is 1. The quantitative estimate of drug-likeness (QED) is 0.699. The molecule has 1 fully saturated rings. The van der Waals surface area contributed by atoms with E-state index in [9.17, 15) is 18.0 Å². The van der Waals surface area contributed by atoms with Crippen LogP contribution in [0.3, 0.4) is 0 Å². The number of benzene rings is 2.